The van der Waals surface area contributed by atoms with Crippen molar-refractivity contribution >= 4 is 29.5 Å². The van der Waals surface area contributed by atoms with E-state index < -0.39 is 75.0 Å². The van der Waals surface area contributed by atoms with Gasteiger partial charge in [-0.25, -0.2) is 4.79 Å². The topological polar surface area (TPSA) is 133 Å². The highest BCUT2D eigenvalue weighted by atomic mass is 16.6. The maximum absolute atomic E-state index is 14.0. The van der Waals surface area contributed by atoms with Crippen LogP contribution in [0.1, 0.15) is 67.7 Å². The van der Waals surface area contributed by atoms with Gasteiger partial charge in [-0.3, -0.25) is 19.2 Å². The van der Waals surface area contributed by atoms with Crippen molar-refractivity contribution in [2.75, 3.05) is 7.11 Å². The first-order valence-electron chi connectivity index (χ1n) is 12.8. The number of ketones is 2. The first-order chi connectivity index (χ1) is 16.8. The molecule has 4 fully saturated rings. The zero-order valence-electron chi connectivity index (χ0n) is 22.9. The van der Waals surface area contributed by atoms with Crippen molar-refractivity contribution in [2.45, 2.75) is 85.5 Å². The van der Waals surface area contributed by atoms with Crippen LogP contribution in [0.3, 0.4) is 0 Å². The van der Waals surface area contributed by atoms with Crippen molar-refractivity contribution in [3.8, 4) is 0 Å². The van der Waals surface area contributed by atoms with Crippen molar-refractivity contribution < 1.29 is 43.3 Å². The fourth-order valence-corrected chi connectivity index (χ4v) is 8.65. The van der Waals surface area contributed by atoms with Crippen molar-refractivity contribution in [1.82, 2.24) is 0 Å². The van der Waals surface area contributed by atoms with E-state index in [1.54, 1.807) is 13.8 Å². The van der Waals surface area contributed by atoms with E-state index in [1.807, 2.05) is 20.8 Å². The number of esters is 3. The molecule has 0 bridgehead atoms. The third kappa shape index (κ3) is 3.15. The number of hydrogen-bond acceptors (Lipinski definition) is 9. The molecule has 0 spiro atoms. The summed E-state index contributed by atoms with van der Waals surface area (Å²) in [6, 6.07) is 0. The van der Waals surface area contributed by atoms with Crippen LogP contribution in [-0.2, 0) is 38.2 Å². The Labute approximate surface area is 217 Å². The molecule has 0 radical (unpaired) electrons. The molecule has 9 atom stereocenters. The molecule has 4 rings (SSSR count). The highest BCUT2D eigenvalue weighted by Gasteiger charge is 2.77. The second-order valence-electron chi connectivity index (χ2n) is 12.8. The number of rotatable bonds is 2. The predicted octanol–water partition coefficient (Wildman–Crippen LogP) is 2.57. The summed E-state index contributed by atoms with van der Waals surface area (Å²) in [5.41, 5.74) is -6.09. The molecule has 3 aliphatic carbocycles. The van der Waals surface area contributed by atoms with Gasteiger partial charge in [0.25, 0.3) is 5.60 Å². The first-order valence-corrected chi connectivity index (χ1v) is 12.8. The molecule has 1 aliphatic heterocycles. The maximum atomic E-state index is 14.0. The van der Waals surface area contributed by atoms with E-state index in [2.05, 4.69) is 6.58 Å². The Morgan fingerprint density at radius 3 is 2.14 bits per heavy atom. The Bertz CT molecular complexity index is 1120. The Morgan fingerprint density at radius 2 is 1.59 bits per heavy atom. The largest absolute Gasteiger partial charge is 0.466 e. The summed E-state index contributed by atoms with van der Waals surface area (Å²) in [7, 11) is 1.11. The fourth-order valence-electron chi connectivity index (χ4n) is 8.65. The Hall–Kier alpha value is -2.55. The lowest BCUT2D eigenvalue weighted by molar-refractivity contribution is -0.263. The molecule has 0 unspecified atom stereocenters. The van der Waals surface area contributed by atoms with Gasteiger partial charge in [0.1, 0.15) is 11.9 Å². The normalized spacial score (nSPS) is 46.7. The average molecular weight is 519 g/mol. The van der Waals surface area contributed by atoms with Crippen LogP contribution in [0.4, 0.5) is 0 Å². The number of carbonyl (C=O) groups excluding carboxylic acids is 5. The standard InChI is InChI=1S/C28H38O9/c1-13-10-16-26(6)15(24(3,4)17(30)12-18(26)31)11-19(36-14(2)29)27(16,7)20-21(32)37-28(8,23(34)35-9)22(33)25(13,20)5/h15-16,18-20,31H,1,10-12H2,2-9H3/t15-,16+,18+,19-,20+,25+,26+,27+,28+/m0/s1. The van der Waals surface area contributed by atoms with Crippen LogP contribution in [0.25, 0.3) is 0 Å². The smallest absolute Gasteiger partial charge is 0.358 e. The Morgan fingerprint density at radius 1 is 1.00 bits per heavy atom. The number of allylic oxidation sites excluding steroid dienone is 1. The van der Waals surface area contributed by atoms with Crippen LogP contribution in [0.2, 0.25) is 0 Å². The van der Waals surface area contributed by atoms with Gasteiger partial charge in [0, 0.05) is 29.6 Å². The van der Waals surface area contributed by atoms with Crippen LogP contribution in [0, 0.1) is 39.4 Å². The van der Waals surface area contributed by atoms with Gasteiger partial charge in [-0.2, -0.15) is 0 Å². The monoisotopic (exact) mass is 518 g/mol. The number of methoxy groups -OCH3 is 1. The lowest BCUT2D eigenvalue weighted by Crippen LogP contribution is -2.75. The van der Waals surface area contributed by atoms with Gasteiger partial charge in [0.05, 0.1) is 24.5 Å². The first kappa shape index (κ1) is 27.5. The molecule has 9 nitrogen and oxygen atoms in total. The van der Waals surface area contributed by atoms with Crippen LogP contribution in [-0.4, -0.2) is 59.5 Å². The van der Waals surface area contributed by atoms with Crippen molar-refractivity contribution in [1.29, 1.82) is 0 Å². The molecule has 1 saturated heterocycles. The molecule has 3 saturated carbocycles. The molecule has 0 aromatic rings. The molecular weight excluding hydrogens is 480 g/mol. The third-order valence-corrected chi connectivity index (χ3v) is 10.8. The van der Waals surface area contributed by atoms with Gasteiger partial charge in [-0.1, -0.05) is 39.8 Å². The number of hydrogen-bond donors (Lipinski definition) is 1. The average Bonchev–Trinajstić information content (AvgIpc) is 2.79. The highest BCUT2D eigenvalue weighted by molar-refractivity contribution is 6.15. The SMILES string of the molecule is C=C1C[C@H]2[C@](C)([C@@H](OC(C)=O)C[C@H]3C(C)(C)C(=O)C[C@@H](O)[C@@]23C)[C@@H]2C(=O)O[C@@](C)(C(=O)OC)C(=O)[C@]12C. The van der Waals surface area contributed by atoms with E-state index in [0.29, 0.717) is 5.57 Å². The third-order valence-electron chi connectivity index (χ3n) is 10.8. The predicted molar refractivity (Wildman–Crippen MR) is 130 cm³/mol. The minimum atomic E-state index is -2.15. The highest BCUT2D eigenvalue weighted by Crippen LogP contribution is 2.72. The lowest BCUT2D eigenvalue weighted by Gasteiger charge is -2.70. The summed E-state index contributed by atoms with van der Waals surface area (Å²) in [6.07, 6.45) is -1.46. The van der Waals surface area contributed by atoms with E-state index in [4.69, 9.17) is 14.2 Å². The molecule has 0 aromatic heterocycles. The molecule has 1 heterocycles. The summed E-state index contributed by atoms with van der Waals surface area (Å²) in [4.78, 5) is 66.0. The van der Waals surface area contributed by atoms with Crippen molar-refractivity contribution in [3.05, 3.63) is 12.2 Å². The van der Waals surface area contributed by atoms with Crippen LogP contribution in [0.5, 0.6) is 0 Å². The number of Topliss-reactive ketones (excluding diaryl/α,β-unsaturated/α-hetero) is 2. The molecule has 0 aromatic carbocycles. The molecule has 0 amide bonds. The summed E-state index contributed by atoms with van der Waals surface area (Å²) >= 11 is 0. The number of aliphatic hydroxyl groups excluding tert-OH is 1. The number of cyclic esters (lactones) is 1. The summed E-state index contributed by atoms with van der Waals surface area (Å²) in [6.45, 7) is 15.7. The molecule has 37 heavy (non-hydrogen) atoms. The summed E-state index contributed by atoms with van der Waals surface area (Å²) in [5.74, 6) is -5.06. The fraction of sp³-hybridized carbons (Fsp3) is 0.750. The van der Waals surface area contributed by atoms with E-state index in [1.165, 1.54) is 13.8 Å². The zero-order chi connectivity index (χ0) is 28.1. The van der Waals surface area contributed by atoms with Gasteiger partial charge < -0.3 is 19.3 Å². The maximum Gasteiger partial charge on any atom is 0.358 e. The van der Waals surface area contributed by atoms with Crippen LogP contribution >= 0.6 is 0 Å². The number of aliphatic hydroxyl groups is 1. The van der Waals surface area contributed by atoms with Crippen LogP contribution in [0.15, 0.2) is 12.2 Å². The van der Waals surface area contributed by atoms with E-state index in [9.17, 15) is 29.1 Å². The number of ether oxygens (including phenoxy) is 3. The molecular formula is C28H38O9. The Balaban J connectivity index is 1.97. The van der Waals surface area contributed by atoms with Gasteiger partial charge in [0.15, 0.2) is 5.78 Å². The second kappa shape index (κ2) is 7.98. The van der Waals surface area contributed by atoms with E-state index in [0.717, 1.165) is 7.11 Å². The van der Waals surface area contributed by atoms with Crippen molar-refractivity contribution in [3.63, 3.8) is 0 Å². The minimum Gasteiger partial charge on any atom is -0.466 e. The van der Waals surface area contributed by atoms with Crippen molar-refractivity contribution in [2.24, 2.45) is 39.4 Å². The van der Waals surface area contributed by atoms with Gasteiger partial charge >= 0.3 is 17.9 Å². The zero-order valence-corrected chi connectivity index (χ0v) is 22.9. The molecule has 4 aliphatic rings. The quantitative estimate of drug-likeness (QED) is 0.253. The molecule has 9 heteroatoms. The summed E-state index contributed by atoms with van der Waals surface area (Å²) in [5, 5.41) is 11.4. The number of fused-ring (bicyclic) bond motifs is 5. The minimum absolute atomic E-state index is 0.0387. The molecule has 1 N–H and O–H groups in total. The summed E-state index contributed by atoms with van der Waals surface area (Å²) < 4.78 is 16.3. The van der Waals surface area contributed by atoms with Gasteiger partial charge in [-0.15, -0.1) is 0 Å². The number of carbonyl (C=O) groups is 5. The second-order valence-corrected chi connectivity index (χ2v) is 12.8. The Kier molecular flexibility index (Phi) is 5.93. The van der Waals surface area contributed by atoms with E-state index >= 15 is 0 Å². The van der Waals surface area contributed by atoms with Crippen LogP contribution < -0.4 is 0 Å². The molecule has 204 valence electrons. The van der Waals surface area contributed by atoms with Gasteiger partial charge in [0.2, 0.25) is 0 Å². The van der Waals surface area contributed by atoms with Gasteiger partial charge in [-0.05, 0) is 38.5 Å². The van der Waals surface area contributed by atoms with E-state index in [-0.39, 0.29) is 31.0 Å². The lowest BCUT2D eigenvalue weighted by atomic mass is 9.34.